The van der Waals surface area contributed by atoms with Crippen LogP contribution >= 0.6 is 0 Å². The average molecular weight is 336 g/mol. The number of methoxy groups -OCH3 is 1. The standard InChI is InChI=1S/C20H20N2O3/c1-13-5-3-4-6-15(13)17-11-19(23)25-20-16(17)7-8-18(21-20)22-10-9-14(12-22)24-2/h3-8,11,14H,9-10,12H2,1-2H3. The van der Waals surface area contributed by atoms with Crippen LogP contribution in [-0.4, -0.2) is 31.3 Å². The van der Waals surface area contributed by atoms with Crippen LogP contribution in [0.4, 0.5) is 5.82 Å². The smallest absolute Gasteiger partial charge is 0.338 e. The highest BCUT2D eigenvalue weighted by molar-refractivity contribution is 5.92. The minimum Gasteiger partial charge on any atom is -0.404 e. The van der Waals surface area contributed by atoms with Crippen molar-refractivity contribution in [2.24, 2.45) is 0 Å². The number of aromatic nitrogens is 1. The molecular formula is C20H20N2O3. The lowest BCUT2D eigenvalue weighted by atomic mass is 9.99. The zero-order valence-electron chi connectivity index (χ0n) is 14.4. The number of hydrogen-bond donors (Lipinski definition) is 0. The lowest BCUT2D eigenvalue weighted by Crippen LogP contribution is -2.23. The fraction of sp³-hybridized carbons (Fsp3) is 0.300. The third kappa shape index (κ3) is 2.91. The van der Waals surface area contributed by atoms with E-state index in [-0.39, 0.29) is 11.7 Å². The highest BCUT2D eigenvalue weighted by atomic mass is 16.5. The van der Waals surface area contributed by atoms with E-state index in [2.05, 4.69) is 9.88 Å². The van der Waals surface area contributed by atoms with Crippen LogP contribution in [0.2, 0.25) is 0 Å². The molecule has 5 heteroatoms. The van der Waals surface area contributed by atoms with Gasteiger partial charge in [-0.15, -0.1) is 0 Å². The van der Waals surface area contributed by atoms with Crippen LogP contribution in [0.3, 0.4) is 0 Å². The molecule has 3 heterocycles. The van der Waals surface area contributed by atoms with Gasteiger partial charge in [0.25, 0.3) is 0 Å². The van der Waals surface area contributed by atoms with E-state index >= 15 is 0 Å². The molecule has 1 unspecified atom stereocenters. The molecule has 1 fully saturated rings. The van der Waals surface area contributed by atoms with E-state index in [9.17, 15) is 4.79 Å². The minimum atomic E-state index is -0.383. The van der Waals surface area contributed by atoms with Gasteiger partial charge in [-0.05, 0) is 36.6 Å². The Kier molecular flexibility index (Phi) is 4.01. The lowest BCUT2D eigenvalue weighted by Gasteiger charge is -2.17. The molecule has 5 nitrogen and oxygen atoms in total. The molecule has 0 radical (unpaired) electrons. The quantitative estimate of drug-likeness (QED) is 0.734. The van der Waals surface area contributed by atoms with Crippen LogP contribution in [0.25, 0.3) is 22.2 Å². The van der Waals surface area contributed by atoms with Gasteiger partial charge in [0.2, 0.25) is 5.71 Å². The maximum Gasteiger partial charge on any atom is 0.338 e. The topological polar surface area (TPSA) is 55.6 Å². The first-order valence-electron chi connectivity index (χ1n) is 8.44. The number of benzene rings is 1. The first-order chi connectivity index (χ1) is 12.2. The fourth-order valence-electron chi connectivity index (χ4n) is 3.44. The van der Waals surface area contributed by atoms with E-state index in [1.807, 2.05) is 43.3 Å². The molecule has 0 saturated carbocycles. The summed E-state index contributed by atoms with van der Waals surface area (Å²) in [5.41, 5.74) is 2.99. The van der Waals surface area contributed by atoms with Crippen molar-refractivity contribution in [1.82, 2.24) is 4.98 Å². The second-order valence-electron chi connectivity index (χ2n) is 6.41. The van der Waals surface area contributed by atoms with Gasteiger partial charge >= 0.3 is 5.63 Å². The first-order valence-corrected chi connectivity index (χ1v) is 8.44. The largest absolute Gasteiger partial charge is 0.404 e. The number of nitrogens with zero attached hydrogens (tertiary/aromatic N) is 2. The van der Waals surface area contributed by atoms with Crippen molar-refractivity contribution in [3.05, 3.63) is 58.4 Å². The zero-order valence-corrected chi connectivity index (χ0v) is 14.4. The van der Waals surface area contributed by atoms with Gasteiger partial charge in [0.15, 0.2) is 0 Å². The van der Waals surface area contributed by atoms with E-state index in [0.29, 0.717) is 5.71 Å². The predicted octanol–water partition coefficient (Wildman–Crippen LogP) is 3.39. The van der Waals surface area contributed by atoms with Crippen molar-refractivity contribution < 1.29 is 9.15 Å². The van der Waals surface area contributed by atoms with Crippen LogP contribution in [0, 0.1) is 6.92 Å². The van der Waals surface area contributed by atoms with Gasteiger partial charge in [0.1, 0.15) is 5.82 Å². The highest BCUT2D eigenvalue weighted by Crippen LogP contribution is 2.30. The summed E-state index contributed by atoms with van der Waals surface area (Å²) in [6.45, 7) is 3.72. The van der Waals surface area contributed by atoms with Crippen molar-refractivity contribution in [1.29, 1.82) is 0 Å². The van der Waals surface area contributed by atoms with Crippen LogP contribution in [0.5, 0.6) is 0 Å². The maximum atomic E-state index is 12.1. The Morgan fingerprint density at radius 2 is 2.04 bits per heavy atom. The molecule has 0 bridgehead atoms. The van der Waals surface area contributed by atoms with Crippen molar-refractivity contribution >= 4 is 16.9 Å². The van der Waals surface area contributed by atoms with Crippen molar-refractivity contribution in [2.75, 3.05) is 25.1 Å². The molecule has 0 N–H and O–H groups in total. The lowest BCUT2D eigenvalue weighted by molar-refractivity contribution is 0.121. The maximum absolute atomic E-state index is 12.1. The summed E-state index contributed by atoms with van der Waals surface area (Å²) in [5.74, 6) is 0.817. The molecule has 128 valence electrons. The summed E-state index contributed by atoms with van der Waals surface area (Å²) < 4.78 is 10.8. The Morgan fingerprint density at radius 1 is 1.20 bits per heavy atom. The number of fused-ring (bicyclic) bond motifs is 1. The normalized spacial score (nSPS) is 17.4. The molecule has 0 aliphatic carbocycles. The van der Waals surface area contributed by atoms with Gasteiger partial charge in [-0.1, -0.05) is 24.3 Å². The number of ether oxygens (including phenoxy) is 1. The van der Waals surface area contributed by atoms with Gasteiger partial charge in [0, 0.05) is 37.2 Å². The Labute approximate surface area is 145 Å². The van der Waals surface area contributed by atoms with E-state index in [0.717, 1.165) is 47.4 Å². The zero-order chi connectivity index (χ0) is 17.4. The molecule has 1 saturated heterocycles. The second-order valence-corrected chi connectivity index (χ2v) is 6.41. The summed E-state index contributed by atoms with van der Waals surface area (Å²) in [6, 6.07) is 13.5. The molecule has 3 aromatic rings. The molecule has 1 aromatic carbocycles. The predicted molar refractivity (Wildman–Crippen MR) is 98.1 cm³/mol. The van der Waals surface area contributed by atoms with Gasteiger partial charge in [0.05, 0.1) is 6.10 Å². The fourth-order valence-corrected chi connectivity index (χ4v) is 3.44. The van der Waals surface area contributed by atoms with Crippen molar-refractivity contribution in [3.63, 3.8) is 0 Å². The second kappa shape index (κ2) is 6.33. The van der Waals surface area contributed by atoms with E-state index in [4.69, 9.17) is 9.15 Å². The third-order valence-electron chi connectivity index (χ3n) is 4.83. The minimum absolute atomic E-state index is 0.225. The third-order valence-corrected chi connectivity index (χ3v) is 4.83. The Balaban J connectivity index is 1.82. The molecule has 0 spiro atoms. The van der Waals surface area contributed by atoms with E-state index in [1.165, 1.54) is 0 Å². The number of anilines is 1. The van der Waals surface area contributed by atoms with E-state index < -0.39 is 0 Å². The monoisotopic (exact) mass is 336 g/mol. The van der Waals surface area contributed by atoms with Crippen molar-refractivity contribution in [3.8, 4) is 11.1 Å². The molecule has 0 amide bonds. The summed E-state index contributed by atoms with van der Waals surface area (Å²) in [6.07, 6.45) is 1.20. The number of hydrogen-bond acceptors (Lipinski definition) is 5. The van der Waals surface area contributed by atoms with Gasteiger partial charge in [-0.25, -0.2) is 4.79 Å². The first kappa shape index (κ1) is 15.8. The summed E-state index contributed by atoms with van der Waals surface area (Å²) in [7, 11) is 1.73. The molecule has 2 aromatic heterocycles. The van der Waals surface area contributed by atoms with Gasteiger partial charge < -0.3 is 14.1 Å². The van der Waals surface area contributed by atoms with Gasteiger partial charge in [-0.3, -0.25) is 0 Å². The molecule has 25 heavy (non-hydrogen) atoms. The molecular weight excluding hydrogens is 316 g/mol. The van der Waals surface area contributed by atoms with Crippen LogP contribution in [0.15, 0.2) is 51.7 Å². The van der Waals surface area contributed by atoms with Crippen molar-refractivity contribution in [2.45, 2.75) is 19.4 Å². The number of rotatable bonds is 3. The van der Waals surface area contributed by atoms with Crippen LogP contribution in [0.1, 0.15) is 12.0 Å². The molecule has 1 aliphatic heterocycles. The Hall–Kier alpha value is -2.66. The summed E-state index contributed by atoms with van der Waals surface area (Å²) in [4.78, 5) is 18.8. The summed E-state index contributed by atoms with van der Waals surface area (Å²) >= 11 is 0. The SMILES string of the molecule is COC1CCN(c2ccc3c(-c4ccccc4C)cc(=O)oc3n2)C1. The molecule has 1 atom stereocenters. The summed E-state index contributed by atoms with van der Waals surface area (Å²) in [5, 5.41) is 0.847. The Morgan fingerprint density at radius 3 is 2.80 bits per heavy atom. The van der Waals surface area contributed by atoms with Gasteiger partial charge in [-0.2, -0.15) is 4.98 Å². The molecule has 1 aliphatic rings. The van der Waals surface area contributed by atoms with Crippen LogP contribution in [-0.2, 0) is 4.74 Å². The van der Waals surface area contributed by atoms with E-state index in [1.54, 1.807) is 13.2 Å². The number of pyridine rings is 1. The number of aryl methyl sites for hydroxylation is 1. The highest BCUT2D eigenvalue weighted by Gasteiger charge is 2.23. The molecule has 4 rings (SSSR count). The van der Waals surface area contributed by atoms with Crippen LogP contribution < -0.4 is 10.5 Å². The Bertz CT molecular complexity index is 980. The average Bonchev–Trinajstić information content (AvgIpc) is 3.10.